The molecule has 2 aromatic rings. The van der Waals surface area contributed by atoms with E-state index in [4.69, 9.17) is 4.74 Å². The molecule has 1 saturated heterocycles. The molecule has 1 aliphatic rings. The number of para-hydroxylation sites is 1. The van der Waals surface area contributed by atoms with Crippen molar-refractivity contribution in [3.63, 3.8) is 0 Å². The fraction of sp³-hybridized carbons (Fsp3) is 0.421. The van der Waals surface area contributed by atoms with Crippen LogP contribution >= 0.6 is 0 Å². The van der Waals surface area contributed by atoms with Gasteiger partial charge in [-0.2, -0.15) is 0 Å². The van der Waals surface area contributed by atoms with Gasteiger partial charge >= 0.3 is 0 Å². The number of carbonyl (C=O) groups excluding carboxylic acids is 1. The molecule has 132 valence electrons. The Morgan fingerprint density at radius 1 is 1.12 bits per heavy atom. The Morgan fingerprint density at radius 3 is 2.28 bits per heavy atom. The van der Waals surface area contributed by atoms with Gasteiger partial charge in [0.05, 0.1) is 18.8 Å². The number of aromatic nitrogens is 2. The summed E-state index contributed by atoms with van der Waals surface area (Å²) in [4.78, 5) is 23.4. The van der Waals surface area contributed by atoms with Gasteiger partial charge in [0, 0.05) is 31.2 Å². The summed E-state index contributed by atoms with van der Waals surface area (Å²) in [7, 11) is 0. The molecule has 0 saturated carbocycles. The van der Waals surface area contributed by atoms with Crippen LogP contribution in [0.5, 0.6) is 0 Å². The fourth-order valence-electron chi connectivity index (χ4n) is 2.95. The summed E-state index contributed by atoms with van der Waals surface area (Å²) in [5, 5.41) is 3.04. The van der Waals surface area contributed by atoms with E-state index in [2.05, 4.69) is 34.0 Å². The van der Waals surface area contributed by atoms with E-state index in [0.29, 0.717) is 24.7 Å². The van der Waals surface area contributed by atoms with Gasteiger partial charge in [-0.1, -0.05) is 32.0 Å². The highest BCUT2D eigenvalue weighted by atomic mass is 16.5. The maximum Gasteiger partial charge on any atom is 0.258 e. The van der Waals surface area contributed by atoms with Gasteiger partial charge in [0.1, 0.15) is 0 Å². The second-order valence-electron chi connectivity index (χ2n) is 5.98. The van der Waals surface area contributed by atoms with Crippen LogP contribution in [-0.2, 0) is 17.6 Å². The number of nitrogens with one attached hydrogen (secondary N) is 1. The second-order valence-corrected chi connectivity index (χ2v) is 5.98. The van der Waals surface area contributed by atoms with E-state index >= 15 is 0 Å². The van der Waals surface area contributed by atoms with E-state index in [0.717, 1.165) is 42.7 Å². The highest BCUT2D eigenvalue weighted by molar-refractivity contribution is 6.04. The van der Waals surface area contributed by atoms with Crippen LogP contribution in [0.3, 0.4) is 0 Å². The molecule has 0 unspecified atom stereocenters. The molecule has 25 heavy (non-hydrogen) atoms. The molecule has 1 aromatic heterocycles. The van der Waals surface area contributed by atoms with Crippen LogP contribution in [0, 0.1) is 0 Å². The highest BCUT2D eigenvalue weighted by Gasteiger charge is 2.16. The lowest BCUT2D eigenvalue weighted by molar-refractivity contribution is 0.102. The molecule has 0 atom stereocenters. The minimum Gasteiger partial charge on any atom is -0.378 e. The number of hydrogen-bond donors (Lipinski definition) is 1. The van der Waals surface area contributed by atoms with Crippen molar-refractivity contribution in [2.75, 3.05) is 36.5 Å². The first-order chi connectivity index (χ1) is 12.2. The number of anilines is 2. The van der Waals surface area contributed by atoms with Gasteiger partial charge in [0.2, 0.25) is 5.95 Å². The summed E-state index contributed by atoms with van der Waals surface area (Å²) in [6.07, 6.45) is 4.92. The van der Waals surface area contributed by atoms with Crippen molar-refractivity contribution < 1.29 is 9.53 Å². The molecule has 0 radical (unpaired) electrons. The minimum absolute atomic E-state index is 0.177. The zero-order chi connectivity index (χ0) is 17.6. The Morgan fingerprint density at radius 2 is 1.72 bits per heavy atom. The number of ether oxygens (including phenoxy) is 1. The van der Waals surface area contributed by atoms with Gasteiger partial charge in [0.15, 0.2) is 0 Å². The Kier molecular flexibility index (Phi) is 5.60. The number of aryl methyl sites for hydroxylation is 2. The van der Waals surface area contributed by atoms with Crippen molar-refractivity contribution in [2.24, 2.45) is 0 Å². The number of benzene rings is 1. The molecular weight excluding hydrogens is 316 g/mol. The van der Waals surface area contributed by atoms with Gasteiger partial charge in [-0.05, 0) is 24.0 Å². The maximum atomic E-state index is 12.6. The maximum absolute atomic E-state index is 12.6. The largest absolute Gasteiger partial charge is 0.378 e. The third-order valence-electron chi connectivity index (χ3n) is 4.43. The van der Waals surface area contributed by atoms with Crippen molar-refractivity contribution in [1.82, 2.24) is 9.97 Å². The molecule has 1 aliphatic heterocycles. The summed E-state index contributed by atoms with van der Waals surface area (Å²) in [5.41, 5.74) is 3.65. The Balaban J connectivity index is 1.75. The number of hydrogen-bond acceptors (Lipinski definition) is 5. The molecule has 1 amide bonds. The first-order valence-electron chi connectivity index (χ1n) is 8.79. The van der Waals surface area contributed by atoms with Crippen molar-refractivity contribution >= 4 is 17.5 Å². The SMILES string of the molecule is CCc1cccc(CC)c1NC(=O)c1cnc(N2CCOCC2)nc1. The van der Waals surface area contributed by atoms with Crippen LogP contribution in [0.25, 0.3) is 0 Å². The molecule has 1 fully saturated rings. The Hall–Kier alpha value is -2.47. The number of carbonyl (C=O) groups is 1. The monoisotopic (exact) mass is 340 g/mol. The van der Waals surface area contributed by atoms with Crippen LogP contribution in [0.2, 0.25) is 0 Å². The molecule has 6 heteroatoms. The molecule has 1 N–H and O–H groups in total. The molecule has 2 heterocycles. The molecule has 6 nitrogen and oxygen atoms in total. The van der Waals surface area contributed by atoms with E-state index in [-0.39, 0.29) is 5.91 Å². The van der Waals surface area contributed by atoms with Crippen LogP contribution in [0.4, 0.5) is 11.6 Å². The molecule has 3 rings (SSSR count). The van der Waals surface area contributed by atoms with Crippen LogP contribution in [-0.4, -0.2) is 42.2 Å². The number of morpholine rings is 1. The van der Waals surface area contributed by atoms with Gasteiger partial charge < -0.3 is 15.0 Å². The molecule has 0 bridgehead atoms. The van der Waals surface area contributed by atoms with E-state index in [1.165, 1.54) is 0 Å². The van der Waals surface area contributed by atoms with Gasteiger partial charge in [-0.25, -0.2) is 9.97 Å². The standard InChI is InChI=1S/C19H24N4O2/c1-3-14-6-5-7-15(4-2)17(14)22-18(24)16-12-20-19(21-13-16)23-8-10-25-11-9-23/h5-7,12-13H,3-4,8-11H2,1-2H3,(H,22,24). The summed E-state index contributed by atoms with van der Waals surface area (Å²) in [5.74, 6) is 0.465. The smallest absolute Gasteiger partial charge is 0.258 e. The minimum atomic E-state index is -0.177. The van der Waals surface area contributed by atoms with Crippen molar-refractivity contribution in [3.8, 4) is 0 Å². The number of nitrogens with zero attached hydrogens (tertiary/aromatic N) is 3. The van der Waals surface area contributed by atoms with Crippen LogP contribution in [0.15, 0.2) is 30.6 Å². The zero-order valence-electron chi connectivity index (χ0n) is 14.8. The van der Waals surface area contributed by atoms with E-state index in [1.807, 2.05) is 18.2 Å². The average Bonchev–Trinajstić information content (AvgIpc) is 2.69. The summed E-state index contributed by atoms with van der Waals surface area (Å²) in [6, 6.07) is 6.13. The van der Waals surface area contributed by atoms with Crippen LogP contribution in [0.1, 0.15) is 35.3 Å². The van der Waals surface area contributed by atoms with Gasteiger partial charge in [0.25, 0.3) is 5.91 Å². The van der Waals surface area contributed by atoms with E-state index in [1.54, 1.807) is 12.4 Å². The quantitative estimate of drug-likeness (QED) is 0.906. The molecular formula is C19H24N4O2. The van der Waals surface area contributed by atoms with Crippen molar-refractivity contribution in [2.45, 2.75) is 26.7 Å². The molecule has 1 aromatic carbocycles. The van der Waals surface area contributed by atoms with Crippen LogP contribution < -0.4 is 10.2 Å². The van der Waals surface area contributed by atoms with E-state index < -0.39 is 0 Å². The second kappa shape index (κ2) is 8.07. The zero-order valence-corrected chi connectivity index (χ0v) is 14.8. The summed E-state index contributed by atoms with van der Waals surface area (Å²) >= 11 is 0. The highest BCUT2D eigenvalue weighted by Crippen LogP contribution is 2.23. The van der Waals surface area contributed by atoms with Gasteiger partial charge in [-0.15, -0.1) is 0 Å². The van der Waals surface area contributed by atoms with E-state index in [9.17, 15) is 4.79 Å². The Labute approximate surface area is 148 Å². The first kappa shape index (κ1) is 17.4. The molecule has 0 spiro atoms. The first-order valence-corrected chi connectivity index (χ1v) is 8.79. The van der Waals surface area contributed by atoms with Crippen molar-refractivity contribution in [1.29, 1.82) is 0 Å². The number of amides is 1. The third-order valence-corrected chi connectivity index (χ3v) is 4.43. The lowest BCUT2D eigenvalue weighted by Crippen LogP contribution is -2.37. The third kappa shape index (κ3) is 3.96. The topological polar surface area (TPSA) is 67.4 Å². The summed E-state index contributed by atoms with van der Waals surface area (Å²) in [6.45, 7) is 7.08. The van der Waals surface area contributed by atoms with Gasteiger partial charge in [-0.3, -0.25) is 4.79 Å². The Bertz CT molecular complexity index is 702. The average molecular weight is 340 g/mol. The van der Waals surface area contributed by atoms with Crippen molar-refractivity contribution in [3.05, 3.63) is 47.3 Å². The predicted molar refractivity (Wildman–Crippen MR) is 98.2 cm³/mol. The predicted octanol–water partition coefficient (Wildman–Crippen LogP) is 2.69. The summed E-state index contributed by atoms with van der Waals surface area (Å²) < 4.78 is 5.33. The lowest BCUT2D eigenvalue weighted by Gasteiger charge is -2.26. The lowest BCUT2D eigenvalue weighted by atomic mass is 10.0. The normalized spacial score (nSPS) is 14.4. The number of rotatable bonds is 5. The fourth-order valence-corrected chi connectivity index (χ4v) is 2.95. The molecule has 0 aliphatic carbocycles.